The van der Waals surface area contributed by atoms with Gasteiger partial charge in [0.2, 0.25) is 0 Å². The molecule has 0 aromatic heterocycles. The molecule has 3 nitrogen and oxygen atoms in total. The predicted molar refractivity (Wildman–Crippen MR) is 83.5 cm³/mol. The molecule has 0 radical (unpaired) electrons. The number of hydrogen-bond donors (Lipinski definition) is 1. The number of nitrogens with zero attached hydrogens (tertiary/aromatic N) is 2. The Morgan fingerprint density at radius 3 is 2.21 bits per heavy atom. The van der Waals surface area contributed by atoms with E-state index in [1.165, 1.54) is 5.56 Å². The third-order valence-electron chi connectivity index (χ3n) is 3.51. The Balaban J connectivity index is 2.60. The van der Waals surface area contributed by atoms with Gasteiger partial charge in [0, 0.05) is 25.7 Å². The Labute approximate surface area is 118 Å². The monoisotopic (exact) mass is 263 g/mol. The fourth-order valence-electron chi connectivity index (χ4n) is 2.34. The van der Waals surface area contributed by atoms with Gasteiger partial charge in [0.05, 0.1) is 0 Å². The topological polar surface area (TPSA) is 18.5 Å². The number of likely N-dealkylation sites (N-methyl/N-ethyl adjacent to an activating group) is 2. The van der Waals surface area contributed by atoms with Crippen molar-refractivity contribution >= 4 is 0 Å². The van der Waals surface area contributed by atoms with E-state index in [1.807, 2.05) is 0 Å². The molecule has 108 valence electrons. The second kappa shape index (κ2) is 9.08. The van der Waals surface area contributed by atoms with Crippen LogP contribution in [-0.2, 0) is 0 Å². The van der Waals surface area contributed by atoms with Crippen LogP contribution in [0.4, 0.5) is 0 Å². The highest BCUT2D eigenvalue weighted by Crippen LogP contribution is 2.19. The minimum absolute atomic E-state index is 0.471. The molecule has 0 amide bonds. The lowest BCUT2D eigenvalue weighted by atomic mass is 10.1. The van der Waals surface area contributed by atoms with Gasteiger partial charge in [-0.3, -0.25) is 4.90 Å². The average Bonchev–Trinajstić information content (AvgIpc) is 2.43. The highest BCUT2D eigenvalue weighted by atomic mass is 15.2. The first-order chi connectivity index (χ1) is 9.19. The van der Waals surface area contributed by atoms with Crippen molar-refractivity contribution < 1.29 is 0 Å². The van der Waals surface area contributed by atoms with Crippen LogP contribution in [-0.4, -0.2) is 56.6 Å². The Morgan fingerprint density at radius 2 is 1.68 bits per heavy atom. The summed E-state index contributed by atoms with van der Waals surface area (Å²) in [6.07, 6.45) is 0. The lowest BCUT2D eigenvalue weighted by Gasteiger charge is -2.30. The van der Waals surface area contributed by atoms with Crippen molar-refractivity contribution in [3.8, 4) is 0 Å². The van der Waals surface area contributed by atoms with Crippen LogP contribution in [0.15, 0.2) is 30.3 Å². The summed E-state index contributed by atoms with van der Waals surface area (Å²) in [6, 6.07) is 11.3. The maximum Gasteiger partial charge on any atom is 0.0472 e. The molecule has 0 fully saturated rings. The van der Waals surface area contributed by atoms with Gasteiger partial charge in [0.15, 0.2) is 0 Å². The Morgan fingerprint density at radius 1 is 1.05 bits per heavy atom. The van der Waals surface area contributed by atoms with Gasteiger partial charge in [-0.15, -0.1) is 0 Å². The number of nitrogens with one attached hydrogen (secondary N) is 1. The lowest BCUT2D eigenvalue weighted by Crippen LogP contribution is -2.37. The van der Waals surface area contributed by atoms with Gasteiger partial charge in [-0.2, -0.15) is 0 Å². The van der Waals surface area contributed by atoms with Crippen LogP contribution < -0.4 is 5.32 Å². The lowest BCUT2D eigenvalue weighted by molar-refractivity contribution is 0.212. The van der Waals surface area contributed by atoms with Gasteiger partial charge in [-0.1, -0.05) is 44.2 Å². The van der Waals surface area contributed by atoms with Gasteiger partial charge >= 0.3 is 0 Å². The van der Waals surface area contributed by atoms with Crippen LogP contribution in [0.3, 0.4) is 0 Å². The van der Waals surface area contributed by atoms with Crippen LogP contribution in [0, 0.1) is 0 Å². The van der Waals surface area contributed by atoms with E-state index < -0.39 is 0 Å². The molecule has 0 saturated carbocycles. The van der Waals surface area contributed by atoms with Gasteiger partial charge in [-0.25, -0.2) is 0 Å². The fourth-order valence-corrected chi connectivity index (χ4v) is 2.34. The van der Waals surface area contributed by atoms with E-state index in [0.29, 0.717) is 6.04 Å². The first kappa shape index (κ1) is 16.2. The zero-order chi connectivity index (χ0) is 14.1. The summed E-state index contributed by atoms with van der Waals surface area (Å²) in [5.41, 5.74) is 1.41. The number of rotatable bonds is 9. The smallest absolute Gasteiger partial charge is 0.0472 e. The first-order valence-corrected chi connectivity index (χ1v) is 7.33. The molecule has 19 heavy (non-hydrogen) atoms. The van der Waals surface area contributed by atoms with Gasteiger partial charge in [0.25, 0.3) is 0 Å². The first-order valence-electron chi connectivity index (χ1n) is 7.33. The minimum atomic E-state index is 0.471. The second-order valence-electron chi connectivity index (χ2n) is 5.16. The normalized spacial score (nSPS) is 13.2. The molecule has 1 rings (SSSR count). The molecular formula is C16H29N3. The summed E-state index contributed by atoms with van der Waals surface area (Å²) in [5.74, 6) is 0. The van der Waals surface area contributed by atoms with Crippen LogP contribution >= 0.6 is 0 Å². The largest absolute Gasteiger partial charge is 0.314 e. The van der Waals surface area contributed by atoms with Crippen molar-refractivity contribution in [3.63, 3.8) is 0 Å². The van der Waals surface area contributed by atoms with E-state index in [1.54, 1.807) is 0 Å². The maximum absolute atomic E-state index is 3.58. The molecule has 1 aromatic carbocycles. The molecule has 1 N–H and O–H groups in total. The Kier molecular flexibility index (Phi) is 7.72. The van der Waals surface area contributed by atoms with E-state index in [2.05, 4.69) is 73.4 Å². The summed E-state index contributed by atoms with van der Waals surface area (Å²) >= 11 is 0. The van der Waals surface area contributed by atoms with Crippen LogP contribution in [0.5, 0.6) is 0 Å². The third kappa shape index (κ3) is 5.72. The molecule has 3 heteroatoms. The van der Waals surface area contributed by atoms with Crippen molar-refractivity contribution in [2.75, 3.05) is 46.8 Å². The third-order valence-corrected chi connectivity index (χ3v) is 3.51. The van der Waals surface area contributed by atoms with Gasteiger partial charge in [-0.05, 0) is 32.7 Å². The van der Waals surface area contributed by atoms with Crippen molar-refractivity contribution in [1.82, 2.24) is 15.1 Å². The van der Waals surface area contributed by atoms with Crippen LogP contribution in [0.2, 0.25) is 0 Å². The van der Waals surface area contributed by atoms with E-state index in [4.69, 9.17) is 0 Å². The highest BCUT2D eigenvalue weighted by molar-refractivity contribution is 5.19. The summed E-state index contributed by atoms with van der Waals surface area (Å²) < 4.78 is 0. The number of hydrogen-bond acceptors (Lipinski definition) is 3. The zero-order valence-corrected chi connectivity index (χ0v) is 12.9. The molecule has 0 heterocycles. The van der Waals surface area contributed by atoms with Gasteiger partial charge < -0.3 is 10.2 Å². The maximum atomic E-state index is 3.58. The molecular weight excluding hydrogens is 234 g/mol. The molecule has 0 saturated heterocycles. The van der Waals surface area contributed by atoms with Crippen molar-refractivity contribution in [3.05, 3.63) is 35.9 Å². The van der Waals surface area contributed by atoms with E-state index >= 15 is 0 Å². The van der Waals surface area contributed by atoms with Crippen molar-refractivity contribution in [2.45, 2.75) is 19.9 Å². The summed E-state index contributed by atoms with van der Waals surface area (Å²) in [7, 11) is 4.22. The second-order valence-corrected chi connectivity index (χ2v) is 5.16. The summed E-state index contributed by atoms with van der Waals surface area (Å²) in [5, 5.41) is 3.58. The Hall–Kier alpha value is -0.900. The Bertz CT molecular complexity index is 320. The molecule has 0 aliphatic heterocycles. The quantitative estimate of drug-likeness (QED) is 0.689. The highest BCUT2D eigenvalue weighted by Gasteiger charge is 2.16. The molecule has 1 unspecified atom stereocenters. The van der Waals surface area contributed by atoms with Crippen LogP contribution in [0.1, 0.15) is 25.5 Å². The molecule has 0 aliphatic rings. The van der Waals surface area contributed by atoms with Gasteiger partial charge in [0.1, 0.15) is 0 Å². The van der Waals surface area contributed by atoms with Crippen molar-refractivity contribution in [1.29, 1.82) is 0 Å². The minimum Gasteiger partial charge on any atom is -0.314 e. The molecule has 0 bridgehead atoms. The zero-order valence-electron chi connectivity index (χ0n) is 12.9. The summed E-state index contributed by atoms with van der Waals surface area (Å²) in [4.78, 5) is 4.72. The molecule has 0 spiro atoms. The summed E-state index contributed by atoms with van der Waals surface area (Å²) in [6.45, 7) is 9.78. The number of benzene rings is 1. The average molecular weight is 263 g/mol. The fraction of sp³-hybridized carbons (Fsp3) is 0.625. The molecule has 1 atom stereocenters. The van der Waals surface area contributed by atoms with E-state index in [9.17, 15) is 0 Å². The predicted octanol–water partition coefficient (Wildman–Crippen LogP) is 2.22. The SMILES string of the molecule is CCN(CC)C(CNCCN(C)C)c1ccccc1. The van der Waals surface area contributed by atoms with E-state index in [-0.39, 0.29) is 0 Å². The standard InChI is InChI=1S/C16H29N3/c1-5-19(6-2)16(14-17-12-13-18(3)4)15-10-8-7-9-11-15/h7-11,16-17H,5-6,12-14H2,1-4H3. The molecule has 0 aliphatic carbocycles. The van der Waals surface area contributed by atoms with E-state index in [0.717, 1.165) is 32.7 Å². The van der Waals surface area contributed by atoms with Crippen molar-refractivity contribution in [2.24, 2.45) is 0 Å². The van der Waals surface area contributed by atoms with Crippen LogP contribution in [0.25, 0.3) is 0 Å². The molecule has 1 aromatic rings.